The van der Waals surface area contributed by atoms with E-state index in [2.05, 4.69) is 21.4 Å². The molecule has 19 heavy (non-hydrogen) atoms. The molecule has 1 unspecified atom stereocenters. The zero-order valence-corrected chi connectivity index (χ0v) is 11.1. The van der Waals surface area contributed by atoms with Crippen LogP contribution in [0.5, 0.6) is 0 Å². The monoisotopic (exact) mass is 259 g/mol. The third-order valence-electron chi connectivity index (χ3n) is 3.14. The number of aryl methyl sites for hydroxylation is 2. The minimum Gasteiger partial charge on any atom is -0.324 e. The van der Waals surface area contributed by atoms with Gasteiger partial charge in [-0.2, -0.15) is 0 Å². The minimum absolute atomic E-state index is 0.102. The minimum atomic E-state index is -0.138. The van der Waals surface area contributed by atoms with Crippen LogP contribution in [0, 0.1) is 13.8 Å². The Morgan fingerprint density at radius 1 is 1.42 bits per heavy atom. The first-order valence-corrected chi connectivity index (χ1v) is 6.27. The number of nitrogens with zero attached hydrogens (tertiary/aromatic N) is 4. The van der Waals surface area contributed by atoms with Gasteiger partial charge in [0.05, 0.1) is 6.04 Å². The first-order valence-electron chi connectivity index (χ1n) is 6.27. The molecule has 1 N–H and O–H groups in total. The first-order chi connectivity index (χ1) is 9.08. The molecule has 0 aromatic heterocycles. The molecule has 2 rings (SSSR count). The summed E-state index contributed by atoms with van der Waals surface area (Å²) in [6.45, 7) is 5.10. The molecular weight excluding hydrogens is 242 g/mol. The summed E-state index contributed by atoms with van der Waals surface area (Å²) < 4.78 is 0. The summed E-state index contributed by atoms with van der Waals surface area (Å²) in [7, 11) is 0. The van der Waals surface area contributed by atoms with Crippen LogP contribution in [-0.2, 0) is 0 Å². The lowest BCUT2D eigenvalue weighted by Crippen LogP contribution is -2.33. The predicted molar refractivity (Wildman–Crippen MR) is 74.1 cm³/mol. The van der Waals surface area contributed by atoms with E-state index in [1.807, 2.05) is 26.0 Å². The van der Waals surface area contributed by atoms with Crippen LogP contribution in [0.4, 0.5) is 10.5 Å². The summed E-state index contributed by atoms with van der Waals surface area (Å²) in [6, 6.07) is 5.69. The number of rotatable bonds is 2. The van der Waals surface area contributed by atoms with Crippen molar-refractivity contribution in [3.8, 4) is 0 Å². The molecule has 0 saturated carbocycles. The van der Waals surface area contributed by atoms with Crippen molar-refractivity contribution in [1.29, 1.82) is 0 Å². The SMILES string of the molecule is Cc1cc(C)cc(NC(=O)N2CCC(N=[N+]=[N-])C2)c1. The zero-order chi connectivity index (χ0) is 13.8. The smallest absolute Gasteiger partial charge is 0.321 e. The fourth-order valence-corrected chi connectivity index (χ4v) is 2.34. The normalized spacial score (nSPS) is 18.0. The van der Waals surface area contributed by atoms with E-state index >= 15 is 0 Å². The van der Waals surface area contributed by atoms with Gasteiger partial charge >= 0.3 is 6.03 Å². The van der Waals surface area contributed by atoms with Gasteiger partial charge in [0.15, 0.2) is 0 Å². The second-order valence-electron chi connectivity index (χ2n) is 4.90. The van der Waals surface area contributed by atoms with E-state index in [9.17, 15) is 4.79 Å². The van der Waals surface area contributed by atoms with Gasteiger partial charge in [-0.3, -0.25) is 0 Å². The Morgan fingerprint density at radius 3 is 2.74 bits per heavy atom. The van der Waals surface area contributed by atoms with Gasteiger partial charge in [-0.25, -0.2) is 4.79 Å². The van der Waals surface area contributed by atoms with E-state index in [-0.39, 0.29) is 12.1 Å². The Balaban J connectivity index is 2.00. The molecule has 6 nitrogen and oxygen atoms in total. The highest BCUT2D eigenvalue weighted by Gasteiger charge is 2.25. The third-order valence-corrected chi connectivity index (χ3v) is 3.14. The molecule has 1 saturated heterocycles. The molecule has 1 atom stereocenters. The molecule has 0 spiro atoms. The van der Waals surface area contributed by atoms with Crippen LogP contribution in [-0.4, -0.2) is 30.1 Å². The molecule has 6 heteroatoms. The van der Waals surface area contributed by atoms with Gasteiger partial charge in [0.25, 0.3) is 0 Å². The van der Waals surface area contributed by atoms with Crippen LogP contribution in [0.1, 0.15) is 17.5 Å². The molecule has 1 aromatic carbocycles. The Bertz CT molecular complexity index is 516. The van der Waals surface area contributed by atoms with Crippen molar-refractivity contribution in [2.45, 2.75) is 26.3 Å². The second-order valence-corrected chi connectivity index (χ2v) is 4.90. The molecule has 1 aliphatic rings. The molecule has 1 aliphatic heterocycles. The third kappa shape index (κ3) is 3.39. The van der Waals surface area contributed by atoms with Crippen molar-refractivity contribution >= 4 is 11.7 Å². The average molecular weight is 259 g/mol. The first kappa shape index (κ1) is 13.2. The van der Waals surface area contributed by atoms with E-state index in [1.54, 1.807) is 4.90 Å². The molecule has 2 amide bonds. The van der Waals surface area contributed by atoms with E-state index < -0.39 is 0 Å². The zero-order valence-electron chi connectivity index (χ0n) is 11.1. The van der Waals surface area contributed by atoms with Crippen LogP contribution in [0.15, 0.2) is 23.3 Å². The van der Waals surface area contributed by atoms with Gasteiger partial charge in [0, 0.05) is 23.7 Å². The lowest BCUT2D eigenvalue weighted by atomic mass is 10.1. The maximum Gasteiger partial charge on any atom is 0.321 e. The lowest BCUT2D eigenvalue weighted by molar-refractivity contribution is 0.222. The van der Waals surface area contributed by atoms with Crippen molar-refractivity contribution in [3.63, 3.8) is 0 Å². The Morgan fingerprint density at radius 2 is 2.11 bits per heavy atom. The van der Waals surface area contributed by atoms with Gasteiger partial charge < -0.3 is 10.2 Å². The van der Waals surface area contributed by atoms with Crippen molar-refractivity contribution in [2.24, 2.45) is 5.11 Å². The molecule has 1 fully saturated rings. The van der Waals surface area contributed by atoms with Crippen molar-refractivity contribution < 1.29 is 4.79 Å². The summed E-state index contributed by atoms with van der Waals surface area (Å²) in [4.78, 5) is 16.5. The molecule has 100 valence electrons. The highest BCUT2D eigenvalue weighted by atomic mass is 16.2. The second kappa shape index (κ2) is 5.63. The molecular formula is C13H17N5O. The van der Waals surface area contributed by atoms with Crippen molar-refractivity contribution in [2.75, 3.05) is 18.4 Å². The standard InChI is InChI=1S/C13H17N5O/c1-9-5-10(2)7-12(6-9)15-13(19)18-4-3-11(8-18)16-17-14/h5-7,11H,3-4,8H2,1-2H3,(H,15,19). The summed E-state index contributed by atoms with van der Waals surface area (Å²) in [5.41, 5.74) is 11.4. The van der Waals surface area contributed by atoms with Crippen LogP contribution >= 0.6 is 0 Å². The fourth-order valence-electron chi connectivity index (χ4n) is 2.34. The topological polar surface area (TPSA) is 81.1 Å². The number of azide groups is 1. The summed E-state index contributed by atoms with van der Waals surface area (Å²) in [6.07, 6.45) is 0.727. The number of nitrogens with one attached hydrogen (secondary N) is 1. The fraction of sp³-hybridized carbons (Fsp3) is 0.462. The Labute approximate surface area is 112 Å². The summed E-state index contributed by atoms with van der Waals surface area (Å²) in [5.74, 6) is 0. The van der Waals surface area contributed by atoms with E-state index in [4.69, 9.17) is 5.53 Å². The van der Waals surface area contributed by atoms with Crippen LogP contribution < -0.4 is 5.32 Å². The number of benzene rings is 1. The summed E-state index contributed by atoms with van der Waals surface area (Å²) >= 11 is 0. The molecule has 1 aromatic rings. The Kier molecular flexibility index (Phi) is 3.92. The number of likely N-dealkylation sites (tertiary alicyclic amines) is 1. The summed E-state index contributed by atoms with van der Waals surface area (Å²) in [5, 5.41) is 6.53. The van der Waals surface area contributed by atoms with Gasteiger partial charge in [0.2, 0.25) is 0 Å². The molecule has 1 heterocycles. The molecule has 0 radical (unpaired) electrons. The number of anilines is 1. The predicted octanol–water partition coefficient (Wildman–Crippen LogP) is 3.22. The highest BCUT2D eigenvalue weighted by Crippen LogP contribution is 2.17. The average Bonchev–Trinajstić information content (AvgIpc) is 2.76. The molecule has 0 bridgehead atoms. The maximum atomic E-state index is 12.1. The van der Waals surface area contributed by atoms with Gasteiger partial charge in [0.1, 0.15) is 0 Å². The van der Waals surface area contributed by atoms with Crippen molar-refractivity contribution in [1.82, 2.24) is 4.90 Å². The molecule has 0 aliphatic carbocycles. The Hall–Kier alpha value is -2.20. The number of carbonyl (C=O) groups is 1. The number of hydrogen-bond acceptors (Lipinski definition) is 2. The van der Waals surface area contributed by atoms with Crippen molar-refractivity contribution in [3.05, 3.63) is 39.8 Å². The van der Waals surface area contributed by atoms with E-state index in [0.717, 1.165) is 23.2 Å². The number of urea groups is 1. The quantitative estimate of drug-likeness (QED) is 0.494. The van der Waals surface area contributed by atoms with Gasteiger partial charge in [-0.05, 0) is 49.1 Å². The van der Waals surface area contributed by atoms with E-state index in [0.29, 0.717) is 13.1 Å². The van der Waals surface area contributed by atoms with Crippen LogP contribution in [0.2, 0.25) is 0 Å². The largest absolute Gasteiger partial charge is 0.324 e. The number of carbonyl (C=O) groups excluding carboxylic acids is 1. The van der Waals surface area contributed by atoms with Gasteiger partial charge in [-0.15, -0.1) is 0 Å². The number of hydrogen-bond donors (Lipinski definition) is 1. The highest BCUT2D eigenvalue weighted by molar-refractivity contribution is 5.89. The number of amides is 2. The van der Waals surface area contributed by atoms with Gasteiger partial charge in [-0.1, -0.05) is 11.2 Å². The van der Waals surface area contributed by atoms with Crippen LogP contribution in [0.3, 0.4) is 0 Å². The lowest BCUT2D eigenvalue weighted by Gasteiger charge is -2.17. The van der Waals surface area contributed by atoms with Crippen LogP contribution in [0.25, 0.3) is 10.4 Å². The maximum absolute atomic E-state index is 12.1. The van der Waals surface area contributed by atoms with E-state index in [1.165, 1.54) is 0 Å².